The van der Waals surface area contributed by atoms with Gasteiger partial charge < -0.3 is 10.5 Å². The average Bonchev–Trinajstić information content (AvgIpc) is 2.29. The zero-order valence-corrected chi connectivity index (χ0v) is 10.7. The lowest BCUT2D eigenvalue weighted by Crippen LogP contribution is -2.55. The number of nitrogens with two attached hydrogens (primary N) is 1. The van der Waals surface area contributed by atoms with Gasteiger partial charge in [0.2, 0.25) is 0 Å². The summed E-state index contributed by atoms with van der Waals surface area (Å²) in [5, 5.41) is 0. The first-order chi connectivity index (χ1) is 7.70. The minimum absolute atomic E-state index is 0.390. The molecule has 16 heavy (non-hydrogen) atoms. The Morgan fingerprint density at radius 3 is 2.88 bits per heavy atom. The molecule has 2 fully saturated rings. The summed E-state index contributed by atoms with van der Waals surface area (Å²) < 4.78 is 5.76. The van der Waals surface area contributed by atoms with Gasteiger partial charge in [-0.2, -0.15) is 0 Å². The molecule has 0 aromatic heterocycles. The molecule has 3 nitrogen and oxygen atoms in total. The van der Waals surface area contributed by atoms with Crippen LogP contribution in [0.5, 0.6) is 0 Å². The van der Waals surface area contributed by atoms with Crippen molar-refractivity contribution in [3.8, 4) is 0 Å². The molecular formula is C13H26N2O. The summed E-state index contributed by atoms with van der Waals surface area (Å²) in [6.07, 6.45) is 6.61. The maximum Gasteiger partial charge on any atom is 0.0674 e. The minimum Gasteiger partial charge on any atom is -0.376 e. The molecule has 94 valence electrons. The fourth-order valence-corrected chi connectivity index (χ4v) is 3.17. The van der Waals surface area contributed by atoms with E-state index >= 15 is 0 Å². The molecule has 0 bridgehead atoms. The molecular weight excluding hydrogens is 200 g/mol. The maximum atomic E-state index is 6.10. The smallest absolute Gasteiger partial charge is 0.0674 e. The number of hydrogen-bond acceptors (Lipinski definition) is 3. The van der Waals surface area contributed by atoms with E-state index in [-0.39, 0.29) is 0 Å². The highest BCUT2D eigenvalue weighted by atomic mass is 16.5. The molecule has 4 unspecified atom stereocenters. The van der Waals surface area contributed by atoms with Crippen molar-refractivity contribution in [3.63, 3.8) is 0 Å². The van der Waals surface area contributed by atoms with Gasteiger partial charge in [-0.15, -0.1) is 0 Å². The molecule has 1 heterocycles. The van der Waals surface area contributed by atoms with E-state index in [0.717, 1.165) is 13.2 Å². The summed E-state index contributed by atoms with van der Waals surface area (Å²) in [6, 6.07) is 1.75. The van der Waals surface area contributed by atoms with Crippen LogP contribution < -0.4 is 5.73 Å². The first-order valence-corrected chi connectivity index (χ1v) is 6.83. The molecule has 1 aliphatic heterocycles. The Labute approximate surface area is 99.3 Å². The van der Waals surface area contributed by atoms with Gasteiger partial charge in [-0.1, -0.05) is 13.3 Å². The van der Waals surface area contributed by atoms with E-state index in [0.29, 0.717) is 24.2 Å². The molecule has 1 aliphatic carbocycles. The Morgan fingerprint density at radius 2 is 2.19 bits per heavy atom. The van der Waals surface area contributed by atoms with Gasteiger partial charge in [0.05, 0.1) is 12.7 Å². The maximum absolute atomic E-state index is 6.10. The van der Waals surface area contributed by atoms with Crippen molar-refractivity contribution >= 4 is 0 Å². The normalized spacial score (nSPS) is 42.2. The molecule has 0 amide bonds. The van der Waals surface area contributed by atoms with Crippen LogP contribution in [0.1, 0.15) is 46.0 Å². The van der Waals surface area contributed by atoms with Gasteiger partial charge in [0.15, 0.2) is 0 Å². The number of nitrogens with zero attached hydrogens (tertiary/aromatic N) is 1. The molecule has 1 saturated carbocycles. The van der Waals surface area contributed by atoms with E-state index in [4.69, 9.17) is 10.5 Å². The van der Waals surface area contributed by atoms with E-state index in [2.05, 4.69) is 18.7 Å². The predicted molar refractivity (Wildman–Crippen MR) is 66.4 cm³/mol. The fraction of sp³-hybridized carbons (Fsp3) is 1.00. The summed E-state index contributed by atoms with van der Waals surface area (Å²) in [6.45, 7) is 6.45. The first kappa shape index (κ1) is 12.3. The van der Waals surface area contributed by atoms with Gasteiger partial charge in [-0.05, 0) is 32.6 Å². The predicted octanol–water partition coefficient (Wildman–Crippen LogP) is 1.76. The highest BCUT2D eigenvalue weighted by Gasteiger charge is 2.33. The van der Waals surface area contributed by atoms with Gasteiger partial charge in [-0.25, -0.2) is 0 Å². The van der Waals surface area contributed by atoms with Crippen molar-refractivity contribution < 1.29 is 4.74 Å². The number of morpholine rings is 1. The van der Waals surface area contributed by atoms with Crippen LogP contribution >= 0.6 is 0 Å². The van der Waals surface area contributed by atoms with Crippen LogP contribution in [-0.2, 0) is 4.74 Å². The SMILES string of the molecule is CCC1COC(C)CN1C1CCCC(N)C1. The van der Waals surface area contributed by atoms with Crippen LogP contribution in [-0.4, -0.2) is 42.3 Å². The molecule has 0 aromatic carbocycles. The average molecular weight is 226 g/mol. The van der Waals surface area contributed by atoms with Crippen molar-refractivity contribution in [1.82, 2.24) is 4.90 Å². The molecule has 2 N–H and O–H groups in total. The molecule has 2 rings (SSSR count). The van der Waals surface area contributed by atoms with Crippen molar-refractivity contribution in [3.05, 3.63) is 0 Å². The van der Waals surface area contributed by atoms with E-state index in [9.17, 15) is 0 Å². The second-order valence-electron chi connectivity index (χ2n) is 5.48. The van der Waals surface area contributed by atoms with Crippen LogP contribution in [0.4, 0.5) is 0 Å². The number of hydrogen-bond donors (Lipinski definition) is 1. The van der Waals surface area contributed by atoms with Crippen LogP contribution in [0.3, 0.4) is 0 Å². The van der Waals surface area contributed by atoms with E-state index < -0.39 is 0 Å². The van der Waals surface area contributed by atoms with E-state index in [1.54, 1.807) is 0 Å². The van der Waals surface area contributed by atoms with Crippen LogP contribution in [0.2, 0.25) is 0 Å². The van der Waals surface area contributed by atoms with E-state index in [1.165, 1.54) is 32.1 Å². The highest BCUT2D eigenvalue weighted by Crippen LogP contribution is 2.27. The standard InChI is InChI=1S/C13H26N2O/c1-3-12-9-16-10(2)8-15(12)13-6-4-5-11(14)7-13/h10-13H,3-9,14H2,1-2H3. The Bertz CT molecular complexity index is 222. The molecule has 1 saturated heterocycles. The van der Waals surface area contributed by atoms with Gasteiger partial charge in [0.25, 0.3) is 0 Å². The van der Waals surface area contributed by atoms with Crippen molar-refractivity contribution in [2.24, 2.45) is 5.73 Å². The van der Waals surface area contributed by atoms with Gasteiger partial charge in [-0.3, -0.25) is 4.90 Å². The Morgan fingerprint density at radius 1 is 1.38 bits per heavy atom. The first-order valence-electron chi connectivity index (χ1n) is 6.83. The van der Waals surface area contributed by atoms with Crippen molar-refractivity contribution in [2.45, 2.75) is 70.2 Å². The zero-order valence-electron chi connectivity index (χ0n) is 10.7. The number of rotatable bonds is 2. The quantitative estimate of drug-likeness (QED) is 0.779. The molecule has 2 aliphatic rings. The molecule has 4 atom stereocenters. The Hall–Kier alpha value is -0.120. The number of ether oxygens (including phenoxy) is 1. The van der Waals surface area contributed by atoms with Crippen LogP contribution in [0.25, 0.3) is 0 Å². The third-order valence-corrected chi connectivity index (χ3v) is 4.14. The lowest BCUT2D eigenvalue weighted by Gasteiger charge is -2.45. The third-order valence-electron chi connectivity index (χ3n) is 4.14. The monoisotopic (exact) mass is 226 g/mol. The Kier molecular flexibility index (Phi) is 4.22. The minimum atomic E-state index is 0.390. The fourth-order valence-electron chi connectivity index (χ4n) is 3.17. The zero-order chi connectivity index (χ0) is 11.5. The molecule has 0 spiro atoms. The molecule has 3 heteroatoms. The molecule has 0 radical (unpaired) electrons. The summed E-state index contributed by atoms with van der Waals surface area (Å²) >= 11 is 0. The summed E-state index contributed by atoms with van der Waals surface area (Å²) in [5.41, 5.74) is 6.10. The topological polar surface area (TPSA) is 38.5 Å². The van der Waals surface area contributed by atoms with Crippen molar-refractivity contribution in [1.29, 1.82) is 0 Å². The highest BCUT2D eigenvalue weighted by molar-refractivity contribution is 4.88. The third kappa shape index (κ3) is 2.76. The largest absolute Gasteiger partial charge is 0.376 e. The van der Waals surface area contributed by atoms with Crippen LogP contribution in [0, 0.1) is 0 Å². The van der Waals surface area contributed by atoms with E-state index in [1.807, 2.05) is 0 Å². The lowest BCUT2D eigenvalue weighted by atomic mass is 9.89. The summed E-state index contributed by atoms with van der Waals surface area (Å²) in [5.74, 6) is 0. The lowest BCUT2D eigenvalue weighted by molar-refractivity contribution is -0.0782. The summed E-state index contributed by atoms with van der Waals surface area (Å²) in [4.78, 5) is 2.67. The Balaban J connectivity index is 1.98. The van der Waals surface area contributed by atoms with Crippen molar-refractivity contribution in [2.75, 3.05) is 13.2 Å². The summed E-state index contributed by atoms with van der Waals surface area (Å²) in [7, 11) is 0. The van der Waals surface area contributed by atoms with Gasteiger partial charge >= 0.3 is 0 Å². The second-order valence-corrected chi connectivity index (χ2v) is 5.48. The van der Waals surface area contributed by atoms with Crippen LogP contribution in [0.15, 0.2) is 0 Å². The van der Waals surface area contributed by atoms with Gasteiger partial charge in [0.1, 0.15) is 0 Å². The second kappa shape index (κ2) is 5.48. The van der Waals surface area contributed by atoms with Gasteiger partial charge in [0, 0.05) is 24.7 Å². The molecule has 0 aromatic rings.